The lowest BCUT2D eigenvalue weighted by Crippen LogP contribution is -2.37. The van der Waals surface area contributed by atoms with Gasteiger partial charge in [0.1, 0.15) is 22.9 Å². The van der Waals surface area contributed by atoms with Gasteiger partial charge in [-0.3, -0.25) is 9.59 Å². The van der Waals surface area contributed by atoms with Gasteiger partial charge in [-0.05, 0) is 25.3 Å². The number of benzene rings is 2. The zero-order chi connectivity index (χ0) is 22.0. The van der Waals surface area contributed by atoms with Crippen molar-refractivity contribution in [1.29, 1.82) is 0 Å². The van der Waals surface area contributed by atoms with E-state index in [1.807, 2.05) is 23.1 Å². The molecule has 0 saturated carbocycles. The summed E-state index contributed by atoms with van der Waals surface area (Å²) in [6, 6.07) is 12.3. The van der Waals surface area contributed by atoms with Crippen LogP contribution in [0.5, 0.6) is 17.2 Å². The molecule has 2 aromatic carbocycles. The van der Waals surface area contributed by atoms with E-state index >= 15 is 0 Å². The number of ether oxygens (including phenoxy) is 3. The quantitative estimate of drug-likeness (QED) is 0.664. The van der Waals surface area contributed by atoms with Gasteiger partial charge >= 0.3 is 0 Å². The van der Waals surface area contributed by atoms with E-state index in [1.54, 1.807) is 31.4 Å². The fraction of sp³-hybridized carbons (Fsp3) is 0.333. The molecule has 7 nitrogen and oxygen atoms in total. The predicted molar refractivity (Wildman–Crippen MR) is 117 cm³/mol. The molecule has 0 bridgehead atoms. The van der Waals surface area contributed by atoms with E-state index in [4.69, 9.17) is 14.2 Å². The second-order valence-corrected chi connectivity index (χ2v) is 7.49. The highest BCUT2D eigenvalue weighted by molar-refractivity contribution is 6.45. The molecule has 2 heterocycles. The Kier molecular flexibility index (Phi) is 5.84. The number of methoxy groups -OCH3 is 3. The first-order valence-electron chi connectivity index (χ1n) is 10.3. The van der Waals surface area contributed by atoms with Gasteiger partial charge in [0.25, 0.3) is 11.8 Å². The highest BCUT2D eigenvalue weighted by atomic mass is 16.5. The lowest BCUT2D eigenvalue weighted by atomic mass is 10.0. The molecule has 0 aromatic heterocycles. The van der Waals surface area contributed by atoms with Gasteiger partial charge in [-0.1, -0.05) is 18.2 Å². The summed E-state index contributed by atoms with van der Waals surface area (Å²) in [7, 11) is 4.62. The van der Waals surface area contributed by atoms with E-state index in [1.165, 1.54) is 19.1 Å². The molecule has 0 unspecified atom stereocenters. The molecule has 2 amide bonds. The Balaban J connectivity index is 1.87. The molecule has 1 saturated heterocycles. The fourth-order valence-corrected chi connectivity index (χ4v) is 4.18. The van der Waals surface area contributed by atoms with Crippen molar-refractivity contribution in [3.05, 3.63) is 53.7 Å². The third kappa shape index (κ3) is 3.71. The summed E-state index contributed by atoms with van der Waals surface area (Å²) in [5.74, 6) is 0.826. The van der Waals surface area contributed by atoms with Gasteiger partial charge in [-0.2, -0.15) is 0 Å². The van der Waals surface area contributed by atoms with E-state index in [0.29, 0.717) is 39.8 Å². The molecular weight excluding hydrogens is 396 g/mol. The van der Waals surface area contributed by atoms with Crippen LogP contribution in [0.3, 0.4) is 0 Å². The van der Waals surface area contributed by atoms with Crippen molar-refractivity contribution in [1.82, 2.24) is 4.90 Å². The Labute approximate surface area is 181 Å². The summed E-state index contributed by atoms with van der Waals surface area (Å²) in [5.41, 5.74) is 1.81. The topological polar surface area (TPSA) is 68.3 Å². The predicted octanol–water partition coefficient (Wildman–Crippen LogP) is 3.48. The average molecular weight is 422 g/mol. The Hall–Kier alpha value is -3.48. The normalized spacial score (nSPS) is 16.7. The van der Waals surface area contributed by atoms with Crippen LogP contribution in [0, 0.1) is 0 Å². The first-order valence-corrected chi connectivity index (χ1v) is 10.3. The van der Waals surface area contributed by atoms with Crippen LogP contribution in [0.25, 0.3) is 5.57 Å². The first-order chi connectivity index (χ1) is 15.1. The van der Waals surface area contributed by atoms with E-state index in [-0.39, 0.29) is 11.8 Å². The number of hydrogen-bond acceptors (Lipinski definition) is 6. The van der Waals surface area contributed by atoms with E-state index in [2.05, 4.69) is 0 Å². The van der Waals surface area contributed by atoms with Gasteiger partial charge in [-0.15, -0.1) is 0 Å². The SMILES string of the molecule is COc1cc(OC)cc(N2C(=O)C(c3ccccc3OC)=C(N3CCCCC3)C2=O)c1. The maximum absolute atomic E-state index is 13.7. The molecule has 31 heavy (non-hydrogen) atoms. The highest BCUT2D eigenvalue weighted by Gasteiger charge is 2.43. The Morgan fingerprint density at radius 3 is 2.03 bits per heavy atom. The third-order valence-electron chi connectivity index (χ3n) is 5.70. The Bertz CT molecular complexity index is 1020. The zero-order valence-electron chi connectivity index (χ0n) is 18.0. The molecule has 2 aromatic rings. The largest absolute Gasteiger partial charge is 0.497 e. The molecule has 4 rings (SSSR count). The zero-order valence-corrected chi connectivity index (χ0v) is 18.0. The van der Waals surface area contributed by atoms with Crippen LogP contribution in [0.4, 0.5) is 5.69 Å². The van der Waals surface area contributed by atoms with Gasteiger partial charge in [0.15, 0.2) is 0 Å². The van der Waals surface area contributed by atoms with E-state index < -0.39 is 0 Å². The van der Waals surface area contributed by atoms with E-state index in [9.17, 15) is 9.59 Å². The molecule has 0 spiro atoms. The van der Waals surface area contributed by atoms with Gasteiger partial charge in [0.05, 0.1) is 32.6 Å². The number of anilines is 1. The summed E-state index contributed by atoms with van der Waals surface area (Å²) in [5, 5.41) is 0. The molecule has 7 heteroatoms. The number of likely N-dealkylation sites (tertiary alicyclic amines) is 1. The molecule has 0 N–H and O–H groups in total. The molecule has 162 valence electrons. The number of carbonyl (C=O) groups is 2. The van der Waals surface area contributed by atoms with Gasteiger partial charge in [-0.25, -0.2) is 4.90 Å². The summed E-state index contributed by atoms with van der Waals surface area (Å²) >= 11 is 0. The van der Waals surface area contributed by atoms with Crippen molar-refractivity contribution in [2.75, 3.05) is 39.3 Å². The Morgan fingerprint density at radius 2 is 1.42 bits per heavy atom. The minimum absolute atomic E-state index is 0.344. The lowest BCUT2D eigenvalue weighted by Gasteiger charge is -2.29. The number of imide groups is 1. The van der Waals surface area contributed by atoms with Crippen LogP contribution < -0.4 is 19.1 Å². The summed E-state index contributed by atoms with van der Waals surface area (Å²) < 4.78 is 16.2. The number of piperidine rings is 1. The van der Waals surface area contributed by atoms with Gasteiger partial charge < -0.3 is 19.1 Å². The Morgan fingerprint density at radius 1 is 0.774 bits per heavy atom. The first kappa shape index (κ1) is 20.8. The smallest absolute Gasteiger partial charge is 0.282 e. The standard InChI is InChI=1S/C24H26N2O5/c1-29-17-13-16(14-18(15-17)30-2)26-23(27)21(19-9-5-6-10-20(19)31-3)22(24(26)28)25-11-7-4-8-12-25/h5-6,9-10,13-15H,4,7-8,11-12H2,1-3H3. The monoisotopic (exact) mass is 422 g/mol. The minimum Gasteiger partial charge on any atom is -0.497 e. The van der Waals surface area contributed by atoms with Crippen LogP contribution in [-0.4, -0.2) is 51.1 Å². The molecular formula is C24H26N2O5. The van der Waals surface area contributed by atoms with Crippen molar-refractivity contribution >= 4 is 23.1 Å². The van der Waals surface area contributed by atoms with Gasteiger partial charge in [0, 0.05) is 36.9 Å². The van der Waals surface area contributed by atoms with Crippen LogP contribution in [0.2, 0.25) is 0 Å². The minimum atomic E-state index is -0.384. The van der Waals surface area contributed by atoms with Crippen molar-refractivity contribution in [3.8, 4) is 17.2 Å². The van der Waals surface area contributed by atoms with Gasteiger partial charge in [0.2, 0.25) is 0 Å². The van der Waals surface area contributed by atoms with Crippen LogP contribution in [0.1, 0.15) is 24.8 Å². The van der Waals surface area contributed by atoms with Crippen molar-refractivity contribution < 1.29 is 23.8 Å². The van der Waals surface area contributed by atoms with Crippen LogP contribution >= 0.6 is 0 Å². The number of hydrogen-bond donors (Lipinski definition) is 0. The fourth-order valence-electron chi connectivity index (χ4n) is 4.18. The van der Waals surface area contributed by atoms with E-state index in [0.717, 1.165) is 32.4 Å². The second-order valence-electron chi connectivity index (χ2n) is 7.49. The lowest BCUT2D eigenvalue weighted by molar-refractivity contribution is -0.120. The maximum atomic E-state index is 13.7. The maximum Gasteiger partial charge on any atom is 0.282 e. The molecule has 0 atom stereocenters. The molecule has 0 aliphatic carbocycles. The van der Waals surface area contributed by atoms with Crippen molar-refractivity contribution in [2.45, 2.75) is 19.3 Å². The highest BCUT2D eigenvalue weighted by Crippen LogP contribution is 2.40. The number of amides is 2. The average Bonchev–Trinajstić information content (AvgIpc) is 3.08. The summed E-state index contributed by atoms with van der Waals surface area (Å²) in [6.07, 6.45) is 3.08. The number of para-hydroxylation sites is 1. The van der Waals surface area contributed by atoms with Crippen LogP contribution in [0.15, 0.2) is 48.2 Å². The molecule has 2 aliphatic rings. The second kappa shape index (κ2) is 8.71. The number of carbonyl (C=O) groups excluding carboxylic acids is 2. The summed E-state index contributed by atoms with van der Waals surface area (Å²) in [4.78, 5) is 30.6. The third-order valence-corrected chi connectivity index (χ3v) is 5.70. The molecule has 1 fully saturated rings. The summed E-state index contributed by atoms with van der Waals surface area (Å²) in [6.45, 7) is 1.48. The molecule has 2 aliphatic heterocycles. The number of rotatable bonds is 6. The number of nitrogens with zero attached hydrogens (tertiary/aromatic N) is 2. The van der Waals surface area contributed by atoms with Crippen molar-refractivity contribution in [2.24, 2.45) is 0 Å². The molecule has 0 radical (unpaired) electrons. The van der Waals surface area contributed by atoms with Crippen molar-refractivity contribution in [3.63, 3.8) is 0 Å². The van der Waals surface area contributed by atoms with Crippen LogP contribution in [-0.2, 0) is 9.59 Å².